The Morgan fingerprint density at radius 3 is 2.45 bits per heavy atom. The summed E-state index contributed by atoms with van der Waals surface area (Å²) in [5, 5.41) is 0. The monoisotopic (exact) mass is 390 g/mol. The molecule has 0 aliphatic carbocycles. The van der Waals surface area contributed by atoms with E-state index < -0.39 is 0 Å². The highest BCUT2D eigenvalue weighted by molar-refractivity contribution is 5.96. The number of hydrogen-bond donors (Lipinski definition) is 0. The van der Waals surface area contributed by atoms with Gasteiger partial charge in [-0.1, -0.05) is 37.3 Å². The van der Waals surface area contributed by atoms with E-state index in [1.165, 1.54) is 31.5 Å². The second kappa shape index (κ2) is 7.49. The number of fused-ring (bicyclic) bond motifs is 2. The van der Waals surface area contributed by atoms with Crippen LogP contribution in [0.25, 0.3) is 0 Å². The minimum absolute atomic E-state index is 0.224. The van der Waals surface area contributed by atoms with Crippen LogP contribution in [0.15, 0.2) is 48.5 Å². The van der Waals surface area contributed by atoms with Crippen molar-refractivity contribution in [2.45, 2.75) is 44.2 Å². The zero-order valence-electron chi connectivity index (χ0n) is 17.4. The summed E-state index contributed by atoms with van der Waals surface area (Å²) in [4.78, 5) is 18.6. The summed E-state index contributed by atoms with van der Waals surface area (Å²) in [5.74, 6) is 2.11. The van der Waals surface area contributed by atoms with Crippen LogP contribution < -0.4 is 4.74 Å². The number of amides is 1. The summed E-state index contributed by atoms with van der Waals surface area (Å²) < 4.78 is 5.36. The fourth-order valence-corrected chi connectivity index (χ4v) is 5.99. The highest BCUT2D eigenvalue weighted by Crippen LogP contribution is 2.47. The molecule has 152 valence electrons. The van der Waals surface area contributed by atoms with Crippen LogP contribution in [0, 0.1) is 5.92 Å². The lowest BCUT2D eigenvalue weighted by Crippen LogP contribution is -2.60. The first kappa shape index (κ1) is 18.7. The molecule has 0 unspecified atom stereocenters. The molecule has 4 aliphatic heterocycles. The Kier molecular flexibility index (Phi) is 4.83. The summed E-state index contributed by atoms with van der Waals surface area (Å²) in [6.07, 6.45) is 3.33. The van der Waals surface area contributed by atoms with Gasteiger partial charge in [-0.3, -0.25) is 9.69 Å². The number of carbonyl (C=O) groups excluding carboxylic acids is 1. The largest absolute Gasteiger partial charge is 0.497 e. The van der Waals surface area contributed by atoms with Gasteiger partial charge in [0.2, 0.25) is 0 Å². The second-order valence-electron chi connectivity index (χ2n) is 8.70. The van der Waals surface area contributed by atoms with Gasteiger partial charge >= 0.3 is 0 Å². The van der Waals surface area contributed by atoms with Crippen LogP contribution in [0.3, 0.4) is 0 Å². The predicted octanol–water partition coefficient (Wildman–Crippen LogP) is 3.96. The maximum absolute atomic E-state index is 13.7. The number of ether oxygens (including phenoxy) is 1. The minimum atomic E-state index is 0.224. The topological polar surface area (TPSA) is 32.8 Å². The molecule has 4 aliphatic rings. The molecule has 1 amide bonds. The zero-order chi connectivity index (χ0) is 20.0. The van der Waals surface area contributed by atoms with Gasteiger partial charge in [-0.15, -0.1) is 0 Å². The van der Waals surface area contributed by atoms with Crippen molar-refractivity contribution in [3.05, 3.63) is 65.2 Å². The molecule has 4 nitrogen and oxygen atoms in total. The smallest absolute Gasteiger partial charge is 0.254 e. The van der Waals surface area contributed by atoms with Crippen LogP contribution in [-0.2, 0) is 6.42 Å². The number of methoxy groups -OCH3 is 1. The number of carbonyl (C=O) groups is 1. The Balaban J connectivity index is 1.51. The summed E-state index contributed by atoms with van der Waals surface area (Å²) in [7, 11) is 1.71. The fourth-order valence-electron chi connectivity index (χ4n) is 5.99. The molecule has 6 rings (SSSR count). The van der Waals surface area contributed by atoms with Crippen LogP contribution >= 0.6 is 0 Å². The molecule has 0 N–H and O–H groups in total. The van der Waals surface area contributed by atoms with Gasteiger partial charge in [0.05, 0.1) is 13.2 Å². The van der Waals surface area contributed by atoms with Gasteiger partial charge in [-0.05, 0) is 67.6 Å². The van der Waals surface area contributed by atoms with Crippen molar-refractivity contribution in [3.63, 3.8) is 0 Å². The minimum Gasteiger partial charge on any atom is -0.497 e. The molecule has 2 aromatic carbocycles. The van der Waals surface area contributed by atoms with E-state index in [1.54, 1.807) is 7.11 Å². The third kappa shape index (κ3) is 3.05. The first-order valence-corrected chi connectivity index (χ1v) is 11.0. The van der Waals surface area contributed by atoms with Crippen LogP contribution in [-0.4, -0.2) is 54.5 Å². The summed E-state index contributed by atoms with van der Waals surface area (Å²) in [6, 6.07) is 17.4. The van der Waals surface area contributed by atoms with Crippen molar-refractivity contribution in [2.24, 2.45) is 5.92 Å². The Morgan fingerprint density at radius 1 is 1.03 bits per heavy atom. The average Bonchev–Trinajstić information content (AvgIpc) is 3.22. The molecule has 2 aromatic rings. The molecule has 4 heteroatoms. The van der Waals surface area contributed by atoms with E-state index in [4.69, 9.17) is 4.74 Å². The van der Waals surface area contributed by atoms with E-state index in [1.807, 2.05) is 18.2 Å². The Hall–Kier alpha value is -2.33. The van der Waals surface area contributed by atoms with E-state index in [9.17, 15) is 4.79 Å². The maximum atomic E-state index is 13.7. The van der Waals surface area contributed by atoms with Crippen LogP contribution in [0.4, 0.5) is 0 Å². The molecule has 3 atom stereocenters. The third-order valence-electron chi connectivity index (χ3n) is 7.43. The molecule has 4 fully saturated rings. The van der Waals surface area contributed by atoms with Crippen molar-refractivity contribution < 1.29 is 9.53 Å². The van der Waals surface area contributed by atoms with E-state index in [-0.39, 0.29) is 5.91 Å². The Morgan fingerprint density at radius 2 is 1.76 bits per heavy atom. The van der Waals surface area contributed by atoms with E-state index in [0.29, 0.717) is 23.9 Å². The van der Waals surface area contributed by atoms with Crippen molar-refractivity contribution in [2.75, 3.05) is 26.7 Å². The van der Waals surface area contributed by atoms with E-state index >= 15 is 0 Å². The normalized spacial score (nSPS) is 30.3. The molecule has 0 spiro atoms. The van der Waals surface area contributed by atoms with Gasteiger partial charge in [0, 0.05) is 24.1 Å². The van der Waals surface area contributed by atoms with Gasteiger partial charge in [0.15, 0.2) is 0 Å². The first-order chi connectivity index (χ1) is 14.2. The summed E-state index contributed by atoms with van der Waals surface area (Å²) >= 11 is 0. The summed E-state index contributed by atoms with van der Waals surface area (Å²) in [6.45, 7) is 5.29. The Bertz CT molecular complexity index is 886. The molecule has 29 heavy (non-hydrogen) atoms. The molecule has 0 aromatic heterocycles. The van der Waals surface area contributed by atoms with Crippen LogP contribution in [0.5, 0.6) is 5.75 Å². The lowest BCUT2D eigenvalue weighted by atomic mass is 9.75. The quantitative estimate of drug-likeness (QED) is 0.792. The number of hydrogen-bond acceptors (Lipinski definition) is 3. The van der Waals surface area contributed by atoms with Crippen molar-refractivity contribution in [1.29, 1.82) is 0 Å². The molecule has 4 heterocycles. The van der Waals surface area contributed by atoms with Gasteiger partial charge in [-0.2, -0.15) is 0 Å². The second-order valence-corrected chi connectivity index (χ2v) is 8.70. The first-order valence-electron chi connectivity index (χ1n) is 11.0. The van der Waals surface area contributed by atoms with Crippen molar-refractivity contribution in [3.8, 4) is 5.75 Å². The number of likely N-dealkylation sites (tertiary alicyclic amines) is 1. The molecular formula is C25H30N2O2. The molecular weight excluding hydrogens is 360 g/mol. The molecule has 2 bridgehead atoms. The lowest BCUT2D eigenvalue weighted by molar-refractivity contribution is -0.00343. The maximum Gasteiger partial charge on any atom is 0.254 e. The van der Waals surface area contributed by atoms with Gasteiger partial charge in [0.1, 0.15) is 5.75 Å². The van der Waals surface area contributed by atoms with Crippen molar-refractivity contribution in [1.82, 2.24) is 9.80 Å². The van der Waals surface area contributed by atoms with Gasteiger partial charge in [-0.25, -0.2) is 0 Å². The van der Waals surface area contributed by atoms with Crippen LogP contribution in [0.2, 0.25) is 0 Å². The van der Waals surface area contributed by atoms with E-state index in [2.05, 4.69) is 47.1 Å². The predicted molar refractivity (Wildman–Crippen MR) is 114 cm³/mol. The third-order valence-corrected chi connectivity index (χ3v) is 7.43. The number of nitrogens with zero attached hydrogens (tertiary/aromatic N) is 2. The van der Waals surface area contributed by atoms with Crippen molar-refractivity contribution >= 4 is 5.91 Å². The fraction of sp³-hybridized carbons (Fsp3) is 0.480. The van der Waals surface area contributed by atoms with Crippen LogP contribution in [0.1, 0.15) is 47.2 Å². The average molecular weight is 391 g/mol. The highest BCUT2D eigenvalue weighted by Gasteiger charge is 2.54. The summed E-state index contributed by atoms with van der Waals surface area (Å²) in [5.41, 5.74) is 3.37. The van der Waals surface area contributed by atoms with E-state index in [0.717, 1.165) is 29.8 Å². The number of rotatable bonds is 4. The van der Waals surface area contributed by atoms with Gasteiger partial charge < -0.3 is 9.64 Å². The van der Waals surface area contributed by atoms with Gasteiger partial charge in [0.25, 0.3) is 5.91 Å². The number of benzene rings is 2. The standard InChI is InChI=1S/C25H30N2O2/c1-3-17-6-4-5-7-21(17)25(28)27-16-22(18-8-10-20(29-2)11-9-18)24-23(27)19-12-14-26(24)15-13-19/h4-11,19,22-24H,3,12-16H2,1-2H3/t22-,23+,24+/m0/s1. The zero-order valence-corrected chi connectivity index (χ0v) is 17.4. The highest BCUT2D eigenvalue weighted by atomic mass is 16.5. The number of piperidine rings is 3. The number of aryl methyl sites for hydroxylation is 1. The SMILES string of the molecule is CCc1ccccc1C(=O)N1C[C@@H](c2ccc(OC)cc2)[C@@H]2[C@H]1C1CCN2CC1. The molecule has 4 saturated heterocycles. The molecule has 0 saturated carbocycles. The lowest BCUT2D eigenvalue weighted by Gasteiger charge is -2.51. The Labute approximate surface area is 173 Å². The molecule has 0 radical (unpaired) electrons.